The third-order valence-corrected chi connectivity index (χ3v) is 3.21. The van der Waals surface area contributed by atoms with Crippen LogP contribution in [0, 0.1) is 18.6 Å². The van der Waals surface area contributed by atoms with Gasteiger partial charge in [0.2, 0.25) is 0 Å². The Labute approximate surface area is 119 Å². The number of aromatic nitrogens is 3. The lowest BCUT2D eigenvalue weighted by Gasteiger charge is -2.10. The monoisotopic (exact) mass is 286 g/mol. The first kappa shape index (κ1) is 13.2. The van der Waals surface area contributed by atoms with Crippen LogP contribution in [0.2, 0.25) is 0 Å². The summed E-state index contributed by atoms with van der Waals surface area (Å²) >= 11 is 0. The second kappa shape index (κ2) is 4.97. The topological polar surface area (TPSA) is 56.7 Å². The summed E-state index contributed by atoms with van der Waals surface area (Å²) < 4.78 is 29.3. The van der Waals surface area contributed by atoms with E-state index in [2.05, 4.69) is 9.97 Å². The summed E-state index contributed by atoms with van der Waals surface area (Å²) in [5, 5.41) is 0. The number of imidazole rings is 1. The summed E-state index contributed by atoms with van der Waals surface area (Å²) in [4.78, 5) is 8.00. The number of pyridine rings is 1. The van der Waals surface area contributed by atoms with Crippen LogP contribution in [-0.4, -0.2) is 14.5 Å². The molecule has 0 saturated heterocycles. The zero-order valence-electron chi connectivity index (χ0n) is 11.2. The number of nitrogen functional groups attached to an aromatic ring is 1. The average molecular weight is 286 g/mol. The van der Waals surface area contributed by atoms with Crippen molar-refractivity contribution in [2.75, 3.05) is 5.73 Å². The van der Waals surface area contributed by atoms with Crippen LogP contribution < -0.4 is 5.73 Å². The first-order valence-corrected chi connectivity index (χ1v) is 6.26. The first-order chi connectivity index (χ1) is 10.1. The number of nitrogens with zero attached hydrogens (tertiary/aromatic N) is 3. The molecule has 106 valence electrons. The predicted molar refractivity (Wildman–Crippen MR) is 75.9 cm³/mol. The molecule has 4 nitrogen and oxygen atoms in total. The minimum Gasteiger partial charge on any atom is -0.384 e. The van der Waals surface area contributed by atoms with Crippen LogP contribution in [0.5, 0.6) is 0 Å². The van der Waals surface area contributed by atoms with Crippen molar-refractivity contribution in [1.82, 2.24) is 14.5 Å². The Hall–Kier alpha value is -2.76. The normalized spacial score (nSPS) is 10.8. The van der Waals surface area contributed by atoms with Crippen molar-refractivity contribution >= 4 is 5.82 Å². The van der Waals surface area contributed by atoms with Crippen LogP contribution in [0.4, 0.5) is 14.6 Å². The van der Waals surface area contributed by atoms with E-state index in [-0.39, 0.29) is 11.3 Å². The van der Waals surface area contributed by atoms with Crippen molar-refractivity contribution < 1.29 is 8.78 Å². The van der Waals surface area contributed by atoms with Gasteiger partial charge in [0, 0.05) is 17.8 Å². The van der Waals surface area contributed by atoms with Gasteiger partial charge in [-0.1, -0.05) is 0 Å². The zero-order chi connectivity index (χ0) is 15.0. The lowest BCUT2D eigenvalue weighted by atomic mass is 10.1. The van der Waals surface area contributed by atoms with Crippen molar-refractivity contribution in [2.24, 2.45) is 0 Å². The SMILES string of the molecule is Cc1cc(F)c(-n2cncc2-c2ccc(N)nc2)cc1F. The van der Waals surface area contributed by atoms with Gasteiger partial charge in [-0.3, -0.25) is 4.57 Å². The van der Waals surface area contributed by atoms with E-state index in [0.717, 1.165) is 12.1 Å². The highest BCUT2D eigenvalue weighted by Gasteiger charge is 2.13. The Morgan fingerprint density at radius 1 is 1.10 bits per heavy atom. The Bertz CT molecular complexity index is 794. The molecule has 0 radical (unpaired) electrons. The standard InChI is InChI=1S/C15H12F2N4/c1-9-4-12(17)13(5-11(9)16)21-8-19-7-14(21)10-2-3-15(18)20-6-10/h2-8H,1H3,(H2,18,20). The highest BCUT2D eigenvalue weighted by atomic mass is 19.1. The molecule has 21 heavy (non-hydrogen) atoms. The van der Waals surface area contributed by atoms with Gasteiger partial charge in [-0.15, -0.1) is 0 Å². The molecule has 0 bridgehead atoms. The van der Waals surface area contributed by atoms with Gasteiger partial charge < -0.3 is 5.73 Å². The van der Waals surface area contributed by atoms with Crippen LogP contribution in [0.25, 0.3) is 16.9 Å². The number of benzene rings is 1. The van der Waals surface area contributed by atoms with E-state index in [4.69, 9.17) is 5.73 Å². The maximum Gasteiger partial charge on any atom is 0.147 e. The maximum absolute atomic E-state index is 14.1. The number of hydrogen-bond acceptors (Lipinski definition) is 3. The molecule has 0 unspecified atom stereocenters. The Kier molecular flexibility index (Phi) is 3.13. The molecular weight excluding hydrogens is 274 g/mol. The van der Waals surface area contributed by atoms with E-state index >= 15 is 0 Å². The van der Waals surface area contributed by atoms with E-state index in [1.54, 1.807) is 24.5 Å². The van der Waals surface area contributed by atoms with Gasteiger partial charge in [0.05, 0.1) is 23.9 Å². The Morgan fingerprint density at radius 2 is 1.90 bits per heavy atom. The van der Waals surface area contributed by atoms with Gasteiger partial charge in [0.1, 0.15) is 17.5 Å². The van der Waals surface area contributed by atoms with Crippen LogP contribution >= 0.6 is 0 Å². The molecule has 3 aromatic rings. The molecule has 0 aliphatic carbocycles. The maximum atomic E-state index is 14.1. The number of aryl methyl sites for hydroxylation is 1. The van der Waals surface area contributed by atoms with Crippen molar-refractivity contribution in [3.05, 3.63) is 60.2 Å². The summed E-state index contributed by atoms with van der Waals surface area (Å²) in [5.41, 5.74) is 7.21. The van der Waals surface area contributed by atoms with Crippen molar-refractivity contribution in [3.63, 3.8) is 0 Å². The molecule has 0 spiro atoms. The quantitative estimate of drug-likeness (QED) is 0.787. The smallest absolute Gasteiger partial charge is 0.147 e. The van der Waals surface area contributed by atoms with E-state index in [1.807, 2.05) is 0 Å². The zero-order valence-corrected chi connectivity index (χ0v) is 11.2. The number of nitrogens with two attached hydrogens (primary N) is 1. The van der Waals surface area contributed by atoms with Gasteiger partial charge >= 0.3 is 0 Å². The third-order valence-electron chi connectivity index (χ3n) is 3.21. The van der Waals surface area contributed by atoms with Gasteiger partial charge in [-0.2, -0.15) is 0 Å². The molecule has 0 amide bonds. The van der Waals surface area contributed by atoms with Crippen LogP contribution in [0.15, 0.2) is 43.0 Å². The van der Waals surface area contributed by atoms with Gasteiger partial charge in [0.15, 0.2) is 0 Å². The number of anilines is 1. The number of halogens is 2. The molecule has 1 aromatic carbocycles. The molecular formula is C15H12F2N4. The molecule has 0 fully saturated rings. The number of hydrogen-bond donors (Lipinski definition) is 1. The van der Waals surface area contributed by atoms with Crippen LogP contribution in [0.3, 0.4) is 0 Å². The highest BCUT2D eigenvalue weighted by molar-refractivity contribution is 5.62. The molecule has 0 aliphatic heterocycles. The van der Waals surface area contributed by atoms with E-state index in [1.165, 1.54) is 17.8 Å². The highest BCUT2D eigenvalue weighted by Crippen LogP contribution is 2.25. The van der Waals surface area contributed by atoms with E-state index < -0.39 is 11.6 Å². The minimum absolute atomic E-state index is 0.0995. The van der Waals surface area contributed by atoms with Crippen LogP contribution in [-0.2, 0) is 0 Å². The fourth-order valence-electron chi connectivity index (χ4n) is 2.08. The average Bonchev–Trinajstić information content (AvgIpc) is 2.93. The lowest BCUT2D eigenvalue weighted by Crippen LogP contribution is -2.01. The van der Waals surface area contributed by atoms with Gasteiger partial charge in [-0.25, -0.2) is 18.7 Å². The predicted octanol–water partition coefficient (Wildman–Crippen LogP) is 3.10. The molecule has 2 heterocycles. The first-order valence-electron chi connectivity index (χ1n) is 6.26. The number of rotatable bonds is 2. The summed E-state index contributed by atoms with van der Waals surface area (Å²) in [6.45, 7) is 1.51. The Balaban J connectivity index is 2.15. The van der Waals surface area contributed by atoms with E-state index in [9.17, 15) is 8.78 Å². The minimum atomic E-state index is -0.517. The molecule has 6 heteroatoms. The molecule has 2 N–H and O–H groups in total. The second-order valence-electron chi connectivity index (χ2n) is 4.67. The fourth-order valence-corrected chi connectivity index (χ4v) is 2.08. The summed E-state index contributed by atoms with van der Waals surface area (Å²) in [6.07, 6.45) is 4.55. The van der Waals surface area contributed by atoms with E-state index in [0.29, 0.717) is 17.1 Å². The molecule has 3 rings (SSSR count). The summed E-state index contributed by atoms with van der Waals surface area (Å²) in [7, 11) is 0. The van der Waals surface area contributed by atoms with Crippen molar-refractivity contribution in [2.45, 2.75) is 6.92 Å². The van der Waals surface area contributed by atoms with Gasteiger partial charge in [-0.05, 0) is 30.7 Å². The molecule has 2 aromatic heterocycles. The molecule has 0 saturated carbocycles. The Morgan fingerprint density at radius 3 is 2.62 bits per heavy atom. The van der Waals surface area contributed by atoms with Crippen LogP contribution in [0.1, 0.15) is 5.56 Å². The van der Waals surface area contributed by atoms with Gasteiger partial charge in [0.25, 0.3) is 0 Å². The van der Waals surface area contributed by atoms with Crippen molar-refractivity contribution in [3.8, 4) is 16.9 Å². The largest absolute Gasteiger partial charge is 0.384 e. The lowest BCUT2D eigenvalue weighted by molar-refractivity contribution is 0.586. The van der Waals surface area contributed by atoms with Crippen molar-refractivity contribution in [1.29, 1.82) is 0 Å². The second-order valence-corrected chi connectivity index (χ2v) is 4.67. The third kappa shape index (κ3) is 2.35. The summed E-state index contributed by atoms with van der Waals surface area (Å²) in [6, 6.07) is 5.70. The molecule has 0 atom stereocenters. The summed E-state index contributed by atoms with van der Waals surface area (Å²) in [5.74, 6) is -0.601. The fraction of sp³-hybridized carbons (Fsp3) is 0.0667. The molecule has 0 aliphatic rings.